The zero-order valence-corrected chi connectivity index (χ0v) is 17.7. The van der Waals surface area contributed by atoms with Crippen LogP contribution in [0.4, 0.5) is 0 Å². The lowest BCUT2D eigenvalue weighted by molar-refractivity contribution is -0.119. The van der Waals surface area contributed by atoms with Crippen molar-refractivity contribution in [3.05, 3.63) is 22.5 Å². The fourth-order valence-electron chi connectivity index (χ4n) is 2.36. The van der Waals surface area contributed by atoms with Gasteiger partial charge in [-0.1, -0.05) is 13.8 Å². The Bertz CT molecular complexity index is 669. The van der Waals surface area contributed by atoms with E-state index >= 15 is 0 Å². The van der Waals surface area contributed by atoms with Crippen LogP contribution in [-0.2, 0) is 20.0 Å². The van der Waals surface area contributed by atoms with Gasteiger partial charge < -0.3 is 19.8 Å². The number of rotatable bonds is 10. The first-order chi connectivity index (χ1) is 12.7. The lowest BCUT2D eigenvalue weighted by atomic mass is 10.1. The van der Waals surface area contributed by atoms with Gasteiger partial charge in [-0.05, 0) is 39.2 Å². The van der Waals surface area contributed by atoms with Gasteiger partial charge in [-0.15, -0.1) is 11.8 Å². The predicted octanol–water partition coefficient (Wildman–Crippen LogP) is 3.07. The van der Waals surface area contributed by atoms with Crippen LogP contribution in [0, 0.1) is 12.8 Å². The van der Waals surface area contributed by atoms with Crippen molar-refractivity contribution in [2.45, 2.75) is 53.3 Å². The summed E-state index contributed by atoms with van der Waals surface area (Å²) in [6.45, 7) is 11.7. The molecule has 0 saturated heterocycles. The van der Waals surface area contributed by atoms with Crippen molar-refractivity contribution >= 4 is 29.6 Å². The molecule has 0 aromatic carbocycles. The minimum atomic E-state index is -0.514. The summed E-state index contributed by atoms with van der Waals surface area (Å²) in [6, 6.07) is 0.0938. The van der Waals surface area contributed by atoms with Crippen LogP contribution >= 0.6 is 11.8 Å². The Labute approximate surface area is 164 Å². The summed E-state index contributed by atoms with van der Waals surface area (Å²) < 4.78 is 10.1. The molecule has 0 fully saturated rings. The second-order valence-electron chi connectivity index (χ2n) is 6.51. The van der Waals surface area contributed by atoms with Gasteiger partial charge in [0.1, 0.15) is 5.69 Å². The minimum absolute atomic E-state index is 0.0622. The molecule has 0 aliphatic rings. The van der Waals surface area contributed by atoms with Gasteiger partial charge in [0.2, 0.25) is 5.91 Å². The third kappa shape index (κ3) is 6.61. The fourth-order valence-corrected chi connectivity index (χ4v) is 3.15. The summed E-state index contributed by atoms with van der Waals surface area (Å²) in [5.41, 5.74) is 1.64. The largest absolute Gasteiger partial charge is 0.462 e. The molecular weight excluding hydrogens is 368 g/mol. The molecule has 2 N–H and O–H groups in total. The lowest BCUT2D eigenvalue weighted by Gasteiger charge is -2.17. The van der Waals surface area contributed by atoms with E-state index in [4.69, 9.17) is 9.47 Å². The van der Waals surface area contributed by atoms with E-state index in [-0.39, 0.29) is 36.6 Å². The maximum Gasteiger partial charge on any atom is 0.355 e. The molecule has 1 atom stereocenters. The molecule has 0 spiro atoms. The summed E-state index contributed by atoms with van der Waals surface area (Å²) in [5.74, 6) is -0.0831. The molecule has 1 heterocycles. The molecule has 8 heteroatoms. The van der Waals surface area contributed by atoms with Gasteiger partial charge >= 0.3 is 11.9 Å². The predicted molar refractivity (Wildman–Crippen MR) is 106 cm³/mol. The molecule has 1 amide bonds. The zero-order valence-electron chi connectivity index (χ0n) is 16.9. The number of nitrogens with one attached hydrogen (secondary N) is 2. The van der Waals surface area contributed by atoms with Crippen molar-refractivity contribution in [3.63, 3.8) is 0 Å². The normalized spacial score (nSPS) is 12.0. The Morgan fingerprint density at radius 2 is 1.67 bits per heavy atom. The van der Waals surface area contributed by atoms with Crippen LogP contribution in [-0.4, -0.2) is 47.8 Å². The number of H-pyrrole nitrogens is 1. The van der Waals surface area contributed by atoms with Crippen LogP contribution in [0.5, 0.6) is 0 Å². The van der Waals surface area contributed by atoms with Gasteiger partial charge in [0, 0.05) is 17.5 Å². The number of carbonyl (C=O) groups is 3. The number of amides is 1. The monoisotopic (exact) mass is 398 g/mol. The fraction of sp³-hybridized carbons (Fsp3) is 0.632. The summed E-state index contributed by atoms with van der Waals surface area (Å²) in [6.07, 6.45) is 0. The first-order valence-corrected chi connectivity index (χ1v) is 10.3. The molecule has 152 valence electrons. The summed E-state index contributed by atoms with van der Waals surface area (Å²) in [7, 11) is 0. The maximum atomic E-state index is 12.3. The number of aromatic amines is 1. The van der Waals surface area contributed by atoms with E-state index in [0.29, 0.717) is 28.5 Å². The van der Waals surface area contributed by atoms with E-state index in [0.717, 1.165) is 0 Å². The summed E-state index contributed by atoms with van der Waals surface area (Å²) in [4.78, 5) is 39.4. The van der Waals surface area contributed by atoms with Crippen molar-refractivity contribution in [2.24, 2.45) is 5.92 Å². The number of aromatic nitrogens is 1. The molecule has 27 heavy (non-hydrogen) atoms. The van der Waals surface area contributed by atoms with Crippen LogP contribution in [0.2, 0.25) is 0 Å². The van der Waals surface area contributed by atoms with E-state index in [1.165, 1.54) is 11.8 Å². The number of carbonyl (C=O) groups excluding carboxylic acids is 3. The second-order valence-corrected chi connectivity index (χ2v) is 7.50. The topological polar surface area (TPSA) is 97.5 Å². The van der Waals surface area contributed by atoms with E-state index in [1.54, 1.807) is 20.8 Å². The average molecular weight is 399 g/mol. The SMILES string of the molecule is CCOC(=O)c1[nH]c(CSCC(=O)NC(C)C(C)C)c(C(=O)OCC)c1C. The Morgan fingerprint density at radius 1 is 1.07 bits per heavy atom. The van der Waals surface area contributed by atoms with Crippen molar-refractivity contribution in [1.29, 1.82) is 0 Å². The third-order valence-corrected chi connectivity index (χ3v) is 5.11. The molecule has 0 saturated carbocycles. The van der Waals surface area contributed by atoms with Gasteiger partial charge in [0.15, 0.2) is 0 Å². The second kappa shape index (κ2) is 11.0. The standard InChI is InChI=1S/C19H30N2O5S/c1-7-25-18(23)16-12(5)17(19(24)26-8-2)21-14(16)9-27-10-15(22)20-13(6)11(3)4/h11,13,21H,7-10H2,1-6H3,(H,20,22). The van der Waals surface area contributed by atoms with Crippen LogP contribution < -0.4 is 5.32 Å². The number of ether oxygens (including phenoxy) is 2. The molecule has 0 bridgehead atoms. The molecule has 1 aromatic heterocycles. The zero-order chi connectivity index (χ0) is 20.6. The van der Waals surface area contributed by atoms with E-state index in [9.17, 15) is 14.4 Å². The highest BCUT2D eigenvalue weighted by molar-refractivity contribution is 7.99. The number of hydrogen-bond donors (Lipinski definition) is 2. The molecule has 1 rings (SSSR count). The van der Waals surface area contributed by atoms with Gasteiger partial charge in [0.05, 0.1) is 24.5 Å². The highest BCUT2D eigenvalue weighted by atomic mass is 32.2. The van der Waals surface area contributed by atoms with E-state index in [2.05, 4.69) is 10.3 Å². The molecular formula is C19H30N2O5S. The highest BCUT2D eigenvalue weighted by Crippen LogP contribution is 2.24. The number of thioether (sulfide) groups is 1. The Balaban J connectivity index is 2.88. The molecule has 1 unspecified atom stereocenters. The quantitative estimate of drug-likeness (QED) is 0.588. The number of esters is 2. The third-order valence-electron chi connectivity index (χ3n) is 4.15. The van der Waals surface area contributed by atoms with Gasteiger partial charge in [-0.3, -0.25) is 4.79 Å². The molecule has 0 aliphatic heterocycles. The van der Waals surface area contributed by atoms with E-state index < -0.39 is 11.9 Å². The maximum absolute atomic E-state index is 12.3. The molecule has 1 aromatic rings. The van der Waals surface area contributed by atoms with Crippen molar-refractivity contribution < 1.29 is 23.9 Å². The molecule has 0 radical (unpaired) electrons. The van der Waals surface area contributed by atoms with Crippen molar-refractivity contribution in [2.75, 3.05) is 19.0 Å². The first-order valence-electron chi connectivity index (χ1n) is 9.15. The van der Waals surface area contributed by atoms with E-state index in [1.807, 2.05) is 20.8 Å². The Morgan fingerprint density at radius 3 is 2.22 bits per heavy atom. The van der Waals surface area contributed by atoms with Crippen molar-refractivity contribution in [1.82, 2.24) is 10.3 Å². The number of hydrogen-bond acceptors (Lipinski definition) is 6. The molecule has 0 aliphatic carbocycles. The van der Waals surface area contributed by atoms with Gasteiger partial charge in [-0.2, -0.15) is 0 Å². The van der Waals surface area contributed by atoms with Crippen LogP contribution in [0.25, 0.3) is 0 Å². The Kier molecular flexibility index (Phi) is 9.41. The molecule has 7 nitrogen and oxygen atoms in total. The summed E-state index contributed by atoms with van der Waals surface area (Å²) >= 11 is 1.36. The van der Waals surface area contributed by atoms with Crippen molar-refractivity contribution in [3.8, 4) is 0 Å². The van der Waals surface area contributed by atoms with Gasteiger partial charge in [0.25, 0.3) is 0 Å². The lowest BCUT2D eigenvalue weighted by Crippen LogP contribution is -2.37. The Hall–Kier alpha value is -1.96. The highest BCUT2D eigenvalue weighted by Gasteiger charge is 2.25. The van der Waals surface area contributed by atoms with Crippen LogP contribution in [0.15, 0.2) is 0 Å². The van der Waals surface area contributed by atoms with Crippen LogP contribution in [0.1, 0.15) is 66.7 Å². The van der Waals surface area contributed by atoms with Gasteiger partial charge in [-0.25, -0.2) is 9.59 Å². The first kappa shape index (κ1) is 23.1. The van der Waals surface area contributed by atoms with Crippen LogP contribution in [0.3, 0.4) is 0 Å². The average Bonchev–Trinajstić information content (AvgIpc) is 2.91. The smallest absolute Gasteiger partial charge is 0.355 e. The summed E-state index contributed by atoms with van der Waals surface area (Å²) in [5, 5.41) is 2.94. The minimum Gasteiger partial charge on any atom is -0.462 e.